The van der Waals surface area contributed by atoms with E-state index in [4.69, 9.17) is 4.74 Å². The van der Waals surface area contributed by atoms with Gasteiger partial charge >= 0.3 is 5.97 Å². The van der Waals surface area contributed by atoms with E-state index >= 15 is 0 Å². The second-order valence-electron chi connectivity index (χ2n) is 4.99. The zero-order chi connectivity index (χ0) is 13.2. The van der Waals surface area contributed by atoms with Crippen LogP contribution in [0.5, 0.6) is 0 Å². The highest BCUT2D eigenvalue weighted by Crippen LogP contribution is 2.33. The first-order chi connectivity index (χ1) is 8.55. The van der Waals surface area contributed by atoms with E-state index in [1.807, 2.05) is 6.92 Å². The minimum atomic E-state index is -0.647. The van der Waals surface area contributed by atoms with Crippen molar-refractivity contribution in [3.05, 3.63) is 35.6 Å². The molecule has 1 heterocycles. The van der Waals surface area contributed by atoms with E-state index in [0.717, 1.165) is 18.5 Å². The van der Waals surface area contributed by atoms with Crippen molar-refractivity contribution in [3.63, 3.8) is 0 Å². The van der Waals surface area contributed by atoms with Crippen molar-refractivity contribution in [2.24, 2.45) is 0 Å². The predicted octanol–water partition coefficient (Wildman–Crippen LogP) is 2.22. The molecule has 2 unspecified atom stereocenters. The van der Waals surface area contributed by atoms with E-state index < -0.39 is 5.54 Å². The highest BCUT2D eigenvalue weighted by molar-refractivity contribution is 5.80. The van der Waals surface area contributed by atoms with Crippen LogP contribution in [0.2, 0.25) is 0 Å². The lowest BCUT2D eigenvalue weighted by Crippen LogP contribution is -2.54. The molecule has 1 aliphatic rings. The van der Waals surface area contributed by atoms with E-state index in [9.17, 15) is 9.18 Å². The predicted molar refractivity (Wildman–Crippen MR) is 66.8 cm³/mol. The van der Waals surface area contributed by atoms with Gasteiger partial charge in [0.2, 0.25) is 0 Å². The van der Waals surface area contributed by atoms with E-state index in [2.05, 4.69) is 5.32 Å². The van der Waals surface area contributed by atoms with Crippen molar-refractivity contribution >= 4 is 5.97 Å². The molecule has 0 amide bonds. The summed E-state index contributed by atoms with van der Waals surface area (Å²) in [6.45, 7) is 2.61. The summed E-state index contributed by atoms with van der Waals surface area (Å²) in [5, 5.41) is 3.21. The summed E-state index contributed by atoms with van der Waals surface area (Å²) in [6, 6.07) is 6.52. The molecule has 1 aliphatic heterocycles. The Kier molecular flexibility index (Phi) is 3.66. The molecule has 1 fully saturated rings. The monoisotopic (exact) mass is 251 g/mol. The molecule has 0 bridgehead atoms. The molecule has 18 heavy (non-hydrogen) atoms. The number of halogens is 1. The SMILES string of the molecule is COC(=O)C1(C)CC(c2ccc(F)cc2)CCN1. The van der Waals surface area contributed by atoms with Crippen molar-refractivity contribution in [2.75, 3.05) is 13.7 Å². The Morgan fingerprint density at radius 3 is 2.72 bits per heavy atom. The van der Waals surface area contributed by atoms with Gasteiger partial charge in [0, 0.05) is 0 Å². The van der Waals surface area contributed by atoms with Gasteiger partial charge < -0.3 is 10.1 Å². The molecule has 0 spiro atoms. The fourth-order valence-corrected chi connectivity index (χ4v) is 2.59. The van der Waals surface area contributed by atoms with Gasteiger partial charge in [-0.3, -0.25) is 4.79 Å². The largest absolute Gasteiger partial charge is 0.468 e. The van der Waals surface area contributed by atoms with E-state index in [1.165, 1.54) is 19.2 Å². The van der Waals surface area contributed by atoms with Gasteiger partial charge in [0.25, 0.3) is 0 Å². The maximum atomic E-state index is 12.9. The Hall–Kier alpha value is -1.42. The number of methoxy groups -OCH3 is 1. The molecule has 0 radical (unpaired) electrons. The van der Waals surface area contributed by atoms with Crippen LogP contribution in [0, 0.1) is 5.82 Å². The van der Waals surface area contributed by atoms with Gasteiger partial charge in [-0.2, -0.15) is 0 Å². The number of esters is 1. The number of carbonyl (C=O) groups is 1. The van der Waals surface area contributed by atoms with Crippen molar-refractivity contribution < 1.29 is 13.9 Å². The van der Waals surface area contributed by atoms with Gasteiger partial charge in [-0.25, -0.2) is 4.39 Å². The fraction of sp³-hybridized carbons (Fsp3) is 0.500. The van der Waals surface area contributed by atoms with Crippen LogP contribution in [0.25, 0.3) is 0 Å². The summed E-state index contributed by atoms with van der Waals surface area (Å²) in [5.41, 5.74) is 0.430. The van der Waals surface area contributed by atoms with Crippen LogP contribution in [0.1, 0.15) is 31.2 Å². The van der Waals surface area contributed by atoms with Crippen molar-refractivity contribution in [1.29, 1.82) is 0 Å². The molecule has 1 aromatic carbocycles. The van der Waals surface area contributed by atoms with Gasteiger partial charge in [0.1, 0.15) is 11.4 Å². The van der Waals surface area contributed by atoms with Gasteiger partial charge in [-0.1, -0.05) is 12.1 Å². The lowest BCUT2D eigenvalue weighted by Gasteiger charge is -2.37. The number of piperidine rings is 1. The third kappa shape index (κ3) is 2.53. The second-order valence-corrected chi connectivity index (χ2v) is 4.99. The summed E-state index contributed by atoms with van der Waals surface area (Å²) < 4.78 is 17.7. The number of hydrogen-bond donors (Lipinski definition) is 1. The molecular formula is C14H18FNO2. The van der Waals surface area contributed by atoms with Crippen LogP contribution >= 0.6 is 0 Å². The Labute approximate surface area is 106 Å². The molecule has 1 aromatic rings. The average Bonchev–Trinajstić information content (AvgIpc) is 2.38. The van der Waals surface area contributed by atoms with Crippen LogP contribution in [0.3, 0.4) is 0 Å². The molecule has 2 atom stereocenters. The van der Waals surface area contributed by atoms with Gasteiger partial charge in [-0.15, -0.1) is 0 Å². The first-order valence-electron chi connectivity index (χ1n) is 6.14. The Morgan fingerprint density at radius 1 is 1.44 bits per heavy atom. The van der Waals surface area contributed by atoms with Crippen molar-refractivity contribution in [1.82, 2.24) is 5.32 Å². The van der Waals surface area contributed by atoms with Crippen molar-refractivity contribution in [3.8, 4) is 0 Å². The highest BCUT2D eigenvalue weighted by Gasteiger charge is 2.39. The second kappa shape index (κ2) is 5.06. The first kappa shape index (κ1) is 13.0. The third-order valence-electron chi connectivity index (χ3n) is 3.64. The molecule has 0 saturated carbocycles. The van der Waals surface area contributed by atoms with Crippen LogP contribution in [0.4, 0.5) is 4.39 Å². The topological polar surface area (TPSA) is 38.3 Å². The highest BCUT2D eigenvalue weighted by atomic mass is 19.1. The molecular weight excluding hydrogens is 233 g/mol. The summed E-state index contributed by atoms with van der Waals surface area (Å²) in [5.74, 6) is -0.214. The third-order valence-corrected chi connectivity index (χ3v) is 3.64. The molecule has 1 N–H and O–H groups in total. The number of carbonyl (C=O) groups excluding carboxylic acids is 1. The maximum absolute atomic E-state index is 12.9. The van der Waals surface area contributed by atoms with Crippen molar-refractivity contribution in [2.45, 2.75) is 31.2 Å². The number of hydrogen-bond acceptors (Lipinski definition) is 3. The Bertz CT molecular complexity index is 432. The summed E-state index contributed by atoms with van der Waals surface area (Å²) in [6.07, 6.45) is 1.61. The molecule has 0 aromatic heterocycles. The quantitative estimate of drug-likeness (QED) is 0.819. The lowest BCUT2D eigenvalue weighted by atomic mass is 9.79. The van der Waals surface area contributed by atoms with Gasteiger partial charge in [0.15, 0.2) is 0 Å². The number of nitrogens with one attached hydrogen (secondary N) is 1. The van der Waals surface area contributed by atoms with Crippen LogP contribution in [-0.2, 0) is 9.53 Å². The van der Waals surface area contributed by atoms with E-state index in [-0.39, 0.29) is 17.7 Å². The maximum Gasteiger partial charge on any atom is 0.325 e. The van der Waals surface area contributed by atoms with Gasteiger partial charge in [-0.05, 0) is 49.9 Å². The fourth-order valence-electron chi connectivity index (χ4n) is 2.59. The molecule has 1 saturated heterocycles. The number of rotatable bonds is 2. The summed E-state index contributed by atoms with van der Waals surface area (Å²) >= 11 is 0. The van der Waals surface area contributed by atoms with Crippen LogP contribution in [-0.4, -0.2) is 25.2 Å². The zero-order valence-corrected chi connectivity index (χ0v) is 10.7. The zero-order valence-electron chi connectivity index (χ0n) is 10.7. The molecule has 98 valence electrons. The molecule has 3 nitrogen and oxygen atoms in total. The van der Waals surface area contributed by atoms with E-state index in [0.29, 0.717) is 6.42 Å². The molecule has 2 rings (SSSR count). The lowest BCUT2D eigenvalue weighted by molar-refractivity contribution is -0.149. The van der Waals surface area contributed by atoms with Gasteiger partial charge in [0.05, 0.1) is 7.11 Å². The minimum absolute atomic E-state index is 0.233. The minimum Gasteiger partial charge on any atom is -0.468 e. The molecule has 0 aliphatic carbocycles. The summed E-state index contributed by atoms with van der Waals surface area (Å²) in [7, 11) is 1.40. The Balaban J connectivity index is 2.16. The number of ether oxygens (including phenoxy) is 1. The molecule has 4 heteroatoms. The van der Waals surface area contributed by atoms with Crippen LogP contribution in [0.15, 0.2) is 24.3 Å². The normalized spacial score (nSPS) is 27.8. The smallest absolute Gasteiger partial charge is 0.325 e. The van der Waals surface area contributed by atoms with Crippen LogP contribution < -0.4 is 5.32 Å². The number of benzene rings is 1. The summed E-state index contributed by atoms with van der Waals surface area (Å²) in [4.78, 5) is 11.8. The average molecular weight is 251 g/mol. The standard InChI is InChI=1S/C14H18FNO2/c1-14(13(17)18-2)9-11(7-8-16-14)10-3-5-12(15)6-4-10/h3-6,11,16H,7-9H2,1-2H3. The Morgan fingerprint density at radius 2 is 2.11 bits per heavy atom. The first-order valence-corrected chi connectivity index (χ1v) is 6.14. The van der Waals surface area contributed by atoms with E-state index in [1.54, 1.807) is 12.1 Å².